The Morgan fingerprint density at radius 3 is 2.50 bits per heavy atom. The Balaban J connectivity index is 1.67. The second-order valence-corrected chi connectivity index (χ2v) is 7.71. The number of ketones is 1. The molecule has 0 spiro atoms. The van der Waals surface area contributed by atoms with E-state index in [0.717, 1.165) is 15.7 Å². The molecule has 0 amide bonds. The molecule has 4 rings (SSSR count). The number of rotatable bonds is 6. The van der Waals surface area contributed by atoms with Gasteiger partial charge in [0.15, 0.2) is 16.8 Å². The van der Waals surface area contributed by atoms with Gasteiger partial charge in [-0.05, 0) is 30.3 Å². The van der Waals surface area contributed by atoms with Crippen molar-refractivity contribution in [3.63, 3.8) is 0 Å². The van der Waals surface area contributed by atoms with Crippen LogP contribution in [0.25, 0.3) is 17.1 Å². The van der Waals surface area contributed by atoms with E-state index in [1.54, 1.807) is 12.4 Å². The molecular formula is C21H15BrN4OS. The highest BCUT2D eigenvalue weighted by Gasteiger charge is 2.18. The molecule has 0 bridgehead atoms. The summed E-state index contributed by atoms with van der Waals surface area (Å²) < 4.78 is 2.75. The Bertz CT molecular complexity index is 1100. The number of hydrogen-bond acceptors (Lipinski definition) is 5. The lowest BCUT2D eigenvalue weighted by Crippen LogP contribution is -2.05. The number of benzene rings is 2. The number of halogens is 1. The number of carbonyl (C=O) groups is 1. The molecule has 0 saturated carbocycles. The lowest BCUT2D eigenvalue weighted by molar-refractivity contribution is 0.102. The van der Waals surface area contributed by atoms with Gasteiger partial charge in [0.05, 0.1) is 5.75 Å². The van der Waals surface area contributed by atoms with Crippen LogP contribution >= 0.6 is 27.7 Å². The van der Waals surface area contributed by atoms with E-state index in [0.29, 0.717) is 16.5 Å². The van der Waals surface area contributed by atoms with Crippen molar-refractivity contribution in [1.82, 2.24) is 19.7 Å². The predicted molar refractivity (Wildman–Crippen MR) is 114 cm³/mol. The van der Waals surface area contributed by atoms with Gasteiger partial charge in [0.25, 0.3) is 0 Å². The fraction of sp³-hybridized carbons (Fsp3) is 0.0476. The first-order valence-electron chi connectivity index (χ1n) is 8.56. The summed E-state index contributed by atoms with van der Waals surface area (Å²) in [4.78, 5) is 16.8. The Labute approximate surface area is 175 Å². The van der Waals surface area contributed by atoms with Crippen molar-refractivity contribution in [3.05, 3.63) is 89.2 Å². The van der Waals surface area contributed by atoms with E-state index in [1.807, 2.05) is 71.3 Å². The van der Waals surface area contributed by atoms with E-state index < -0.39 is 0 Å². The summed E-state index contributed by atoms with van der Waals surface area (Å²) >= 11 is 4.81. The van der Waals surface area contributed by atoms with E-state index >= 15 is 0 Å². The summed E-state index contributed by atoms with van der Waals surface area (Å²) in [6.07, 6.45) is 3.48. The normalized spacial score (nSPS) is 10.8. The van der Waals surface area contributed by atoms with Gasteiger partial charge >= 0.3 is 0 Å². The van der Waals surface area contributed by atoms with Crippen LogP contribution in [0.1, 0.15) is 10.4 Å². The van der Waals surface area contributed by atoms with Crippen molar-refractivity contribution in [2.45, 2.75) is 5.16 Å². The summed E-state index contributed by atoms with van der Waals surface area (Å²) in [7, 11) is 0. The second kappa shape index (κ2) is 8.50. The van der Waals surface area contributed by atoms with Gasteiger partial charge in [0.1, 0.15) is 0 Å². The summed E-state index contributed by atoms with van der Waals surface area (Å²) in [6, 6.07) is 21.1. The molecule has 2 aromatic carbocycles. The molecule has 0 aliphatic rings. The van der Waals surface area contributed by atoms with Crippen LogP contribution in [-0.4, -0.2) is 31.3 Å². The van der Waals surface area contributed by atoms with Crippen molar-refractivity contribution in [2.24, 2.45) is 0 Å². The molecule has 0 N–H and O–H groups in total. The molecule has 0 fully saturated rings. The Hall–Kier alpha value is -2.77. The number of hydrogen-bond donors (Lipinski definition) is 0. The van der Waals surface area contributed by atoms with Crippen molar-refractivity contribution < 1.29 is 4.79 Å². The maximum Gasteiger partial charge on any atom is 0.196 e. The molecule has 0 unspecified atom stereocenters. The third kappa shape index (κ3) is 3.90. The molecular weight excluding hydrogens is 436 g/mol. The number of Topliss-reactive ketones (excluding diaryl/α,β-unsaturated/α-hetero) is 1. The zero-order valence-corrected chi connectivity index (χ0v) is 17.1. The van der Waals surface area contributed by atoms with Crippen LogP contribution in [0.3, 0.4) is 0 Å². The topological polar surface area (TPSA) is 60.7 Å². The van der Waals surface area contributed by atoms with E-state index in [2.05, 4.69) is 31.1 Å². The van der Waals surface area contributed by atoms with E-state index in [4.69, 9.17) is 0 Å². The smallest absolute Gasteiger partial charge is 0.196 e. The van der Waals surface area contributed by atoms with E-state index in [-0.39, 0.29) is 11.5 Å². The monoisotopic (exact) mass is 450 g/mol. The number of pyridine rings is 1. The third-order valence-corrected chi connectivity index (χ3v) is 5.69. The van der Waals surface area contributed by atoms with Crippen LogP contribution in [0, 0.1) is 0 Å². The number of thioether (sulfide) groups is 1. The van der Waals surface area contributed by atoms with Crippen molar-refractivity contribution in [1.29, 1.82) is 0 Å². The standard InChI is InChI=1S/C21H15BrN4OS/c22-18-11-5-4-10-17(18)19(27)14-28-21-25-24-20(15-7-6-12-23-13-15)26(21)16-8-2-1-3-9-16/h1-13H,14H2. The Morgan fingerprint density at radius 2 is 1.75 bits per heavy atom. The van der Waals surface area contributed by atoms with Gasteiger partial charge in [-0.3, -0.25) is 14.3 Å². The van der Waals surface area contributed by atoms with Crippen molar-refractivity contribution in [3.8, 4) is 17.1 Å². The van der Waals surface area contributed by atoms with Gasteiger partial charge < -0.3 is 0 Å². The van der Waals surface area contributed by atoms with Gasteiger partial charge in [-0.2, -0.15) is 0 Å². The van der Waals surface area contributed by atoms with Crippen LogP contribution < -0.4 is 0 Å². The Morgan fingerprint density at radius 1 is 0.964 bits per heavy atom. The fourth-order valence-electron chi connectivity index (χ4n) is 2.75. The molecule has 4 aromatic rings. The molecule has 2 heterocycles. The fourth-order valence-corrected chi connectivity index (χ4v) is 4.09. The van der Waals surface area contributed by atoms with Crippen LogP contribution in [-0.2, 0) is 0 Å². The van der Waals surface area contributed by atoms with Gasteiger partial charge in [-0.25, -0.2) is 0 Å². The zero-order valence-electron chi connectivity index (χ0n) is 14.7. The van der Waals surface area contributed by atoms with Gasteiger partial charge in [-0.1, -0.05) is 64.1 Å². The van der Waals surface area contributed by atoms with Crippen molar-refractivity contribution in [2.75, 3.05) is 5.75 Å². The minimum absolute atomic E-state index is 0.0306. The summed E-state index contributed by atoms with van der Waals surface area (Å²) in [5, 5.41) is 9.36. The summed E-state index contributed by atoms with van der Waals surface area (Å²) in [5.41, 5.74) is 2.46. The SMILES string of the molecule is O=C(CSc1nnc(-c2cccnc2)n1-c1ccccc1)c1ccccc1Br. The lowest BCUT2D eigenvalue weighted by atomic mass is 10.1. The highest BCUT2D eigenvalue weighted by Crippen LogP contribution is 2.28. The number of para-hydroxylation sites is 1. The minimum Gasteiger partial charge on any atom is -0.293 e. The molecule has 7 heteroatoms. The molecule has 5 nitrogen and oxygen atoms in total. The van der Waals surface area contributed by atoms with Gasteiger partial charge in [-0.15, -0.1) is 10.2 Å². The predicted octanol–water partition coefficient (Wildman–Crippen LogP) is 5.07. The molecule has 2 aromatic heterocycles. The molecule has 28 heavy (non-hydrogen) atoms. The molecule has 0 aliphatic heterocycles. The first-order chi connectivity index (χ1) is 13.7. The van der Waals surface area contributed by atoms with Crippen molar-refractivity contribution >= 4 is 33.5 Å². The maximum atomic E-state index is 12.6. The average molecular weight is 451 g/mol. The largest absolute Gasteiger partial charge is 0.293 e. The van der Waals surface area contributed by atoms with Crippen LogP contribution in [0.2, 0.25) is 0 Å². The average Bonchev–Trinajstić information content (AvgIpc) is 3.17. The maximum absolute atomic E-state index is 12.6. The molecule has 0 saturated heterocycles. The number of aromatic nitrogens is 4. The van der Waals surface area contributed by atoms with Crippen LogP contribution in [0.4, 0.5) is 0 Å². The summed E-state index contributed by atoms with van der Waals surface area (Å²) in [5.74, 6) is 0.985. The minimum atomic E-state index is 0.0306. The molecule has 138 valence electrons. The van der Waals surface area contributed by atoms with Gasteiger partial charge in [0, 0.05) is 33.7 Å². The van der Waals surface area contributed by atoms with Crippen LogP contribution in [0.15, 0.2) is 88.8 Å². The van der Waals surface area contributed by atoms with Crippen LogP contribution in [0.5, 0.6) is 0 Å². The number of carbonyl (C=O) groups excluding carboxylic acids is 1. The van der Waals surface area contributed by atoms with E-state index in [1.165, 1.54) is 11.8 Å². The Kier molecular flexibility index (Phi) is 5.64. The number of nitrogens with zero attached hydrogens (tertiary/aromatic N) is 4. The quantitative estimate of drug-likeness (QED) is 0.303. The summed E-state index contributed by atoms with van der Waals surface area (Å²) in [6.45, 7) is 0. The highest BCUT2D eigenvalue weighted by molar-refractivity contribution is 9.10. The third-order valence-electron chi connectivity index (χ3n) is 4.07. The molecule has 0 radical (unpaired) electrons. The lowest BCUT2D eigenvalue weighted by Gasteiger charge is -2.10. The zero-order chi connectivity index (χ0) is 19.3. The van der Waals surface area contributed by atoms with Gasteiger partial charge in [0.2, 0.25) is 0 Å². The molecule has 0 atom stereocenters. The molecule has 0 aliphatic carbocycles. The first kappa shape index (κ1) is 18.6. The second-order valence-electron chi connectivity index (χ2n) is 5.91. The van der Waals surface area contributed by atoms with E-state index in [9.17, 15) is 4.79 Å². The highest BCUT2D eigenvalue weighted by atomic mass is 79.9. The first-order valence-corrected chi connectivity index (χ1v) is 10.3.